The van der Waals surface area contributed by atoms with Gasteiger partial charge >= 0.3 is 0 Å². The number of carbonyl (C=O) groups is 2. The van der Waals surface area contributed by atoms with E-state index < -0.39 is 0 Å². The number of benzene rings is 2. The molecule has 2 aromatic carbocycles. The Bertz CT molecular complexity index is 757. The quantitative estimate of drug-likeness (QED) is 0.762. The fourth-order valence-corrected chi connectivity index (χ4v) is 2.40. The van der Waals surface area contributed by atoms with Crippen LogP contribution in [0.25, 0.3) is 0 Å². The molecule has 0 saturated carbocycles. The lowest BCUT2D eigenvalue weighted by molar-refractivity contribution is -0.119. The van der Waals surface area contributed by atoms with Crippen LogP contribution >= 0.6 is 0 Å². The Morgan fingerprint density at radius 3 is 2.27 bits per heavy atom. The first kappa shape index (κ1) is 19.3. The first-order valence-corrected chi connectivity index (χ1v) is 8.57. The first-order chi connectivity index (χ1) is 12.6. The molecule has 2 N–H and O–H groups in total. The Morgan fingerprint density at radius 1 is 0.962 bits per heavy atom. The lowest BCUT2D eigenvalue weighted by Crippen LogP contribution is -2.19. The van der Waals surface area contributed by atoms with Crippen LogP contribution < -0.4 is 20.1 Å². The number of nitrogens with one attached hydrogen (secondary N) is 2. The number of hydrogen-bond acceptors (Lipinski definition) is 4. The van der Waals surface area contributed by atoms with Gasteiger partial charge in [0.25, 0.3) is 5.91 Å². The second kappa shape index (κ2) is 9.46. The molecule has 26 heavy (non-hydrogen) atoms. The zero-order valence-electron chi connectivity index (χ0n) is 15.3. The van der Waals surface area contributed by atoms with Crippen molar-refractivity contribution in [3.63, 3.8) is 0 Å². The normalized spacial score (nSPS) is 10.1. The van der Waals surface area contributed by atoms with E-state index in [9.17, 15) is 9.59 Å². The molecule has 0 atom stereocenters. The second-order valence-corrected chi connectivity index (χ2v) is 5.52. The number of amides is 2. The third kappa shape index (κ3) is 5.24. The zero-order chi connectivity index (χ0) is 18.9. The Labute approximate surface area is 153 Å². The lowest BCUT2D eigenvalue weighted by Gasteiger charge is -2.13. The molecule has 6 heteroatoms. The smallest absolute Gasteiger partial charge is 0.259 e. The summed E-state index contributed by atoms with van der Waals surface area (Å²) in [5.74, 6) is 0.811. The van der Waals surface area contributed by atoms with Crippen molar-refractivity contribution in [3.8, 4) is 11.5 Å². The largest absolute Gasteiger partial charge is 0.494 e. The molecule has 0 unspecified atom stereocenters. The van der Waals surface area contributed by atoms with Gasteiger partial charge in [-0.1, -0.05) is 12.1 Å². The number of anilines is 1. The molecule has 0 bridgehead atoms. The number of carbonyl (C=O) groups excluding carboxylic acids is 2. The summed E-state index contributed by atoms with van der Waals surface area (Å²) in [6.45, 7) is 4.75. The molecule has 0 aromatic heterocycles. The van der Waals surface area contributed by atoms with E-state index in [0.717, 1.165) is 5.56 Å². The fraction of sp³-hybridized carbons (Fsp3) is 0.300. The van der Waals surface area contributed by atoms with E-state index >= 15 is 0 Å². The average Bonchev–Trinajstić information content (AvgIpc) is 2.64. The summed E-state index contributed by atoms with van der Waals surface area (Å²) < 4.78 is 11.0. The Hall–Kier alpha value is -3.02. The molecule has 138 valence electrons. The first-order valence-electron chi connectivity index (χ1n) is 8.57. The third-order valence-electron chi connectivity index (χ3n) is 3.66. The summed E-state index contributed by atoms with van der Waals surface area (Å²) in [4.78, 5) is 24.0. The number of ether oxygens (including phenoxy) is 2. The Morgan fingerprint density at radius 2 is 1.65 bits per heavy atom. The number of likely N-dealkylation sites (N-methyl/N-ethyl adjacent to an activating group) is 1. The Balaban J connectivity index is 2.12. The number of hydrogen-bond donors (Lipinski definition) is 2. The van der Waals surface area contributed by atoms with E-state index in [4.69, 9.17) is 9.47 Å². The monoisotopic (exact) mass is 356 g/mol. The van der Waals surface area contributed by atoms with Gasteiger partial charge in [0.05, 0.1) is 25.2 Å². The summed E-state index contributed by atoms with van der Waals surface area (Å²) in [5.41, 5.74) is 1.95. The van der Waals surface area contributed by atoms with Gasteiger partial charge in [-0.05, 0) is 43.7 Å². The van der Waals surface area contributed by atoms with Crippen LogP contribution in [0.4, 0.5) is 5.69 Å². The highest BCUT2D eigenvalue weighted by molar-refractivity contribution is 6.06. The van der Waals surface area contributed by atoms with Crippen LogP contribution in [0, 0.1) is 0 Å². The van der Waals surface area contributed by atoms with Gasteiger partial charge < -0.3 is 20.1 Å². The van der Waals surface area contributed by atoms with Crippen molar-refractivity contribution in [2.24, 2.45) is 0 Å². The summed E-state index contributed by atoms with van der Waals surface area (Å²) in [6, 6.07) is 12.3. The van der Waals surface area contributed by atoms with Crippen molar-refractivity contribution in [2.45, 2.75) is 20.3 Å². The van der Waals surface area contributed by atoms with Gasteiger partial charge in [-0.15, -0.1) is 0 Å². The minimum atomic E-state index is -0.268. The average molecular weight is 356 g/mol. The topological polar surface area (TPSA) is 76.7 Å². The summed E-state index contributed by atoms with van der Waals surface area (Å²) in [7, 11) is 1.60. The van der Waals surface area contributed by atoms with Crippen molar-refractivity contribution in [2.75, 3.05) is 25.6 Å². The maximum atomic E-state index is 12.6. The second-order valence-electron chi connectivity index (χ2n) is 5.52. The van der Waals surface area contributed by atoms with Gasteiger partial charge in [0.2, 0.25) is 5.91 Å². The molecule has 0 saturated heterocycles. The highest BCUT2D eigenvalue weighted by atomic mass is 16.5. The van der Waals surface area contributed by atoms with E-state index in [0.29, 0.717) is 42.4 Å². The number of rotatable bonds is 8. The van der Waals surface area contributed by atoms with Crippen molar-refractivity contribution < 1.29 is 19.1 Å². The van der Waals surface area contributed by atoms with E-state index in [-0.39, 0.29) is 11.8 Å². The highest BCUT2D eigenvalue weighted by Gasteiger charge is 2.14. The molecule has 0 spiro atoms. The lowest BCUT2D eigenvalue weighted by atomic mass is 10.1. The van der Waals surface area contributed by atoms with E-state index in [2.05, 4.69) is 10.6 Å². The molecular weight excluding hydrogens is 332 g/mol. The van der Waals surface area contributed by atoms with Gasteiger partial charge in [-0.2, -0.15) is 0 Å². The highest BCUT2D eigenvalue weighted by Crippen LogP contribution is 2.26. The van der Waals surface area contributed by atoms with Crippen LogP contribution in [0.3, 0.4) is 0 Å². The van der Waals surface area contributed by atoms with Gasteiger partial charge in [-0.25, -0.2) is 0 Å². The van der Waals surface area contributed by atoms with E-state index in [1.807, 2.05) is 26.0 Å². The zero-order valence-corrected chi connectivity index (χ0v) is 15.3. The molecule has 2 rings (SSSR count). The molecule has 0 radical (unpaired) electrons. The molecule has 2 aromatic rings. The van der Waals surface area contributed by atoms with Crippen LogP contribution in [-0.4, -0.2) is 32.1 Å². The fourth-order valence-electron chi connectivity index (χ4n) is 2.40. The minimum absolute atomic E-state index is 0.0578. The van der Waals surface area contributed by atoms with Crippen LogP contribution in [0.15, 0.2) is 42.5 Å². The van der Waals surface area contributed by atoms with Crippen molar-refractivity contribution >= 4 is 17.5 Å². The third-order valence-corrected chi connectivity index (χ3v) is 3.66. The van der Waals surface area contributed by atoms with Crippen molar-refractivity contribution in [1.29, 1.82) is 0 Å². The van der Waals surface area contributed by atoms with Gasteiger partial charge in [-0.3, -0.25) is 9.59 Å². The maximum absolute atomic E-state index is 12.6. The SMILES string of the molecule is CCOc1ccc(C(=O)Nc2ccc(CC(=O)NC)cc2)c(OCC)c1. The summed E-state index contributed by atoms with van der Waals surface area (Å²) >= 11 is 0. The van der Waals surface area contributed by atoms with Gasteiger partial charge in [0.1, 0.15) is 11.5 Å². The maximum Gasteiger partial charge on any atom is 0.259 e. The summed E-state index contributed by atoms with van der Waals surface area (Å²) in [6.07, 6.45) is 0.304. The molecule has 2 amide bonds. The van der Waals surface area contributed by atoms with Gasteiger partial charge in [0.15, 0.2) is 0 Å². The predicted octanol–water partition coefficient (Wildman–Crippen LogP) is 3.02. The molecule has 6 nitrogen and oxygen atoms in total. The molecular formula is C20H24N2O4. The van der Waals surface area contributed by atoms with E-state index in [1.54, 1.807) is 37.4 Å². The van der Waals surface area contributed by atoms with E-state index in [1.165, 1.54) is 0 Å². The molecule has 0 heterocycles. The molecule has 0 fully saturated rings. The van der Waals surface area contributed by atoms with Crippen LogP contribution in [0.2, 0.25) is 0 Å². The van der Waals surface area contributed by atoms with Gasteiger partial charge in [0, 0.05) is 18.8 Å². The predicted molar refractivity (Wildman–Crippen MR) is 101 cm³/mol. The molecule has 0 aliphatic carbocycles. The standard InChI is InChI=1S/C20H24N2O4/c1-4-25-16-10-11-17(18(13-16)26-5-2)20(24)22-15-8-6-14(7-9-15)12-19(23)21-3/h6-11,13H,4-5,12H2,1-3H3,(H,21,23)(H,22,24). The van der Waals surface area contributed by atoms with Crippen LogP contribution in [0.5, 0.6) is 11.5 Å². The van der Waals surface area contributed by atoms with Crippen molar-refractivity contribution in [3.05, 3.63) is 53.6 Å². The minimum Gasteiger partial charge on any atom is -0.494 e. The summed E-state index contributed by atoms with van der Waals surface area (Å²) in [5, 5.41) is 5.42. The Kier molecular flexibility index (Phi) is 7.02. The van der Waals surface area contributed by atoms with Crippen molar-refractivity contribution in [1.82, 2.24) is 5.32 Å². The van der Waals surface area contributed by atoms with Crippen LogP contribution in [-0.2, 0) is 11.2 Å². The molecule has 0 aliphatic rings. The molecule has 0 aliphatic heterocycles. The van der Waals surface area contributed by atoms with Crippen LogP contribution in [0.1, 0.15) is 29.8 Å².